The highest BCUT2D eigenvalue weighted by atomic mass is 32.2. The zero-order valence-electron chi connectivity index (χ0n) is 7.72. The third-order valence-electron chi connectivity index (χ3n) is 2.63. The van der Waals surface area contributed by atoms with Gasteiger partial charge in [-0.3, -0.25) is 4.79 Å². The summed E-state index contributed by atoms with van der Waals surface area (Å²) in [5.41, 5.74) is 1.16. The molecule has 0 spiro atoms. The van der Waals surface area contributed by atoms with Crippen LogP contribution in [0.1, 0.15) is 11.5 Å². The minimum Gasteiger partial charge on any atom is -0.481 e. The van der Waals surface area contributed by atoms with E-state index in [0.717, 1.165) is 17.1 Å². The molecule has 0 aliphatic carbocycles. The van der Waals surface area contributed by atoms with Crippen LogP contribution in [-0.4, -0.2) is 22.6 Å². The van der Waals surface area contributed by atoms with Crippen molar-refractivity contribution in [1.82, 2.24) is 0 Å². The van der Waals surface area contributed by atoms with E-state index in [9.17, 15) is 4.79 Å². The molecule has 1 heterocycles. The van der Waals surface area contributed by atoms with Gasteiger partial charge >= 0.3 is 5.97 Å². The molecule has 1 aliphatic rings. The second kappa shape index (κ2) is 4.05. The quantitative estimate of drug-likeness (QED) is 0.809. The molecule has 0 unspecified atom stereocenters. The first-order valence-electron chi connectivity index (χ1n) is 4.64. The Kier molecular flexibility index (Phi) is 2.77. The molecule has 0 amide bonds. The summed E-state index contributed by atoms with van der Waals surface area (Å²) in [4.78, 5) is 11.0. The fourth-order valence-electron chi connectivity index (χ4n) is 1.83. The summed E-state index contributed by atoms with van der Waals surface area (Å²) in [7, 11) is 0. The summed E-state index contributed by atoms with van der Waals surface area (Å²) >= 11 is 1.73. The first-order chi connectivity index (χ1) is 6.79. The normalized spacial score (nSPS) is 26.3. The van der Waals surface area contributed by atoms with Gasteiger partial charge in [-0.15, -0.1) is 0 Å². The largest absolute Gasteiger partial charge is 0.481 e. The van der Waals surface area contributed by atoms with Crippen molar-refractivity contribution in [2.75, 3.05) is 11.5 Å². The number of thioether (sulfide) groups is 1. The standard InChI is InChI=1S/C11H12O2S/c12-11(13)10-7-14-6-9(10)8-4-2-1-3-5-8/h1-5,9-10H,6-7H2,(H,12,13)/t9-,10-/m0/s1. The van der Waals surface area contributed by atoms with Crippen molar-refractivity contribution in [3.63, 3.8) is 0 Å². The van der Waals surface area contributed by atoms with Crippen LogP contribution in [0.5, 0.6) is 0 Å². The van der Waals surface area contributed by atoms with Gasteiger partial charge in [0.1, 0.15) is 0 Å². The van der Waals surface area contributed by atoms with E-state index in [4.69, 9.17) is 5.11 Å². The minimum atomic E-state index is -0.663. The molecule has 1 fully saturated rings. The monoisotopic (exact) mass is 208 g/mol. The highest BCUT2D eigenvalue weighted by Gasteiger charge is 2.34. The predicted molar refractivity (Wildman–Crippen MR) is 57.6 cm³/mol. The molecule has 1 aromatic rings. The molecule has 1 aromatic carbocycles. The lowest BCUT2D eigenvalue weighted by Gasteiger charge is -2.14. The molecule has 0 radical (unpaired) electrons. The molecule has 2 nitrogen and oxygen atoms in total. The number of carbonyl (C=O) groups is 1. The van der Waals surface area contributed by atoms with Crippen molar-refractivity contribution in [1.29, 1.82) is 0 Å². The maximum absolute atomic E-state index is 11.0. The van der Waals surface area contributed by atoms with Crippen LogP contribution in [0.25, 0.3) is 0 Å². The number of hydrogen-bond donors (Lipinski definition) is 1. The first kappa shape index (κ1) is 9.59. The molecule has 0 bridgehead atoms. The van der Waals surface area contributed by atoms with E-state index >= 15 is 0 Å². The third kappa shape index (κ3) is 1.77. The van der Waals surface area contributed by atoms with Gasteiger partial charge in [0.25, 0.3) is 0 Å². The summed E-state index contributed by atoms with van der Waals surface area (Å²) in [6, 6.07) is 9.94. The Hall–Kier alpha value is -0.960. The van der Waals surface area contributed by atoms with E-state index in [1.54, 1.807) is 11.8 Å². The summed E-state index contributed by atoms with van der Waals surface area (Å²) < 4.78 is 0. The van der Waals surface area contributed by atoms with E-state index in [1.807, 2.05) is 30.3 Å². The fraction of sp³-hybridized carbons (Fsp3) is 0.364. The predicted octanol–water partition coefficient (Wildman–Crippen LogP) is 2.22. The number of aliphatic carboxylic acids is 1. The molecule has 0 aromatic heterocycles. The number of carboxylic acid groups (broad SMARTS) is 1. The molecule has 1 aliphatic heterocycles. The summed E-state index contributed by atoms with van der Waals surface area (Å²) in [5.74, 6) is 1.00. The number of benzene rings is 1. The zero-order chi connectivity index (χ0) is 9.97. The lowest BCUT2D eigenvalue weighted by molar-refractivity contribution is -0.141. The van der Waals surface area contributed by atoms with E-state index in [0.29, 0.717) is 0 Å². The Labute approximate surface area is 87.3 Å². The second-order valence-electron chi connectivity index (χ2n) is 3.50. The molecule has 1 saturated heterocycles. The maximum atomic E-state index is 11.0. The topological polar surface area (TPSA) is 37.3 Å². The van der Waals surface area contributed by atoms with Gasteiger partial charge in [-0.05, 0) is 5.56 Å². The molecular formula is C11H12O2S. The number of hydrogen-bond acceptors (Lipinski definition) is 2. The molecular weight excluding hydrogens is 196 g/mol. The molecule has 2 atom stereocenters. The van der Waals surface area contributed by atoms with Gasteiger partial charge in [0, 0.05) is 17.4 Å². The van der Waals surface area contributed by atoms with Crippen molar-refractivity contribution >= 4 is 17.7 Å². The molecule has 14 heavy (non-hydrogen) atoms. The van der Waals surface area contributed by atoms with Crippen molar-refractivity contribution < 1.29 is 9.90 Å². The highest BCUT2D eigenvalue weighted by Crippen LogP contribution is 2.37. The molecule has 3 heteroatoms. The summed E-state index contributed by atoms with van der Waals surface area (Å²) in [5, 5.41) is 9.03. The average Bonchev–Trinajstić information content (AvgIpc) is 2.67. The van der Waals surface area contributed by atoms with Crippen molar-refractivity contribution in [3.05, 3.63) is 35.9 Å². The maximum Gasteiger partial charge on any atom is 0.307 e. The van der Waals surface area contributed by atoms with Gasteiger partial charge in [-0.25, -0.2) is 0 Å². The average molecular weight is 208 g/mol. The highest BCUT2D eigenvalue weighted by molar-refractivity contribution is 7.99. The Morgan fingerprint density at radius 1 is 1.29 bits per heavy atom. The van der Waals surface area contributed by atoms with Crippen LogP contribution in [0.4, 0.5) is 0 Å². The van der Waals surface area contributed by atoms with Gasteiger partial charge in [-0.1, -0.05) is 30.3 Å². The summed E-state index contributed by atoms with van der Waals surface area (Å²) in [6.45, 7) is 0. The molecule has 0 saturated carbocycles. The first-order valence-corrected chi connectivity index (χ1v) is 5.80. The van der Waals surface area contributed by atoms with Crippen LogP contribution < -0.4 is 0 Å². The Morgan fingerprint density at radius 3 is 2.64 bits per heavy atom. The lowest BCUT2D eigenvalue weighted by atomic mass is 9.89. The van der Waals surface area contributed by atoms with E-state index in [2.05, 4.69) is 0 Å². The zero-order valence-corrected chi connectivity index (χ0v) is 8.54. The third-order valence-corrected chi connectivity index (χ3v) is 3.82. The number of rotatable bonds is 2. The van der Waals surface area contributed by atoms with Crippen molar-refractivity contribution in [2.24, 2.45) is 5.92 Å². The van der Waals surface area contributed by atoms with Gasteiger partial charge in [0.15, 0.2) is 0 Å². The fourth-order valence-corrected chi connectivity index (χ4v) is 3.27. The van der Waals surface area contributed by atoms with E-state index in [-0.39, 0.29) is 11.8 Å². The lowest BCUT2D eigenvalue weighted by Crippen LogP contribution is -2.20. The van der Waals surface area contributed by atoms with Crippen molar-refractivity contribution in [3.8, 4) is 0 Å². The van der Waals surface area contributed by atoms with Crippen molar-refractivity contribution in [2.45, 2.75) is 5.92 Å². The van der Waals surface area contributed by atoms with Gasteiger partial charge < -0.3 is 5.11 Å². The second-order valence-corrected chi connectivity index (χ2v) is 4.57. The van der Waals surface area contributed by atoms with Gasteiger partial charge in [-0.2, -0.15) is 11.8 Å². The van der Waals surface area contributed by atoms with E-state index < -0.39 is 5.97 Å². The Bertz CT molecular complexity index is 323. The van der Waals surface area contributed by atoms with Crippen LogP contribution in [0, 0.1) is 5.92 Å². The summed E-state index contributed by atoms with van der Waals surface area (Å²) in [6.07, 6.45) is 0. The smallest absolute Gasteiger partial charge is 0.307 e. The van der Waals surface area contributed by atoms with Gasteiger partial charge in [0.05, 0.1) is 5.92 Å². The minimum absolute atomic E-state index is 0.193. The van der Waals surface area contributed by atoms with Crippen LogP contribution in [-0.2, 0) is 4.79 Å². The molecule has 74 valence electrons. The van der Waals surface area contributed by atoms with Crippen LogP contribution >= 0.6 is 11.8 Å². The van der Waals surface area contributed by atoms with Gasteiger partial charge in [0.2, 0.25) is 0 Å². The van der Waals surface area contributed by atoms with E-state index in [1.165, 1.54) is 0 Å². The number of carboxylic acids is 1. The Balaban J connectivity index is 2.22. The molecule has 2 rings (SSSR count). The van der Waals surface area contributed by atoms with Crippen LogP contribution in [0.2, 0.25) is 0 Å². The van der Waals surface area contributed by atoms with Crippen LogP contribution in [0.15, 0.2) is 30.3 Å². The van der Waals surface area contributed by atoms with Crippen LogP contribution in [0.3, 0.4) is 0 Å². The molecule has 1 N–H and O–H groups in total. The SMILES string of the molecule is O=C(O)[C@H]1CSC[C@H]1c1ccccc1. The Morgan fingerprint density at radius 2 is 2.00 bits per heavy atom.